The van der Waals surface area contributed by atoms with Crippen LogP contribution in [0.25, 0.3) is 0 Å². The highest BCUT2D eigenvalue weighted by Gasteiger charge is 2.16. The van der Waals surface area contributed by atoms with E-state index in [4.69, 9.17) is 9.47 Å². The molecule has 23 heavy (non-hydrogen) atoms. The van der Waals surface area contributed by atoms with E-state index in [0.29, 0.717) is 34.9 Å². The van der Waals surface area contributed by atoms with Crippen molar-refractivity contribution < 1.29 is 19.1 Å². The molecule has 2 aromatic rings. The summed E-state index contributed by atoms with van der Waals surface area (Å²) in [6, 6.07) is 11.8. The number of nitrogens with one attached hydrogen (secondary N) is 2. The van der Waals surface area contributed by atoms with Crippen LogP contribution < -0.4 is 20.1 Å². The summed E-state index contributed by atoms with van der Waals surface area (Å²) in [6.07, 6.45) is 0. The van der Waals surface area contributed by atoms with Gasteiger partial charge >= 0.3 is 0 Å². The molecule has 0 spiro atoms. The zero-order valence-electron chi connectivity index (χ0n) is 12.6. The van der Waals surface area contributed by atoms with Gasteiger partial charge in [-0.1, -0.05) is 6.07 Å². The number of benzene rings is 2. The molecule has 1 heterocycles. The second-order valence-corrected chi connectivity index (χ2v) is 4.96. The fourth-order valence-electron chi connectivity index (χ4n) is 2.24. The molecule has 2 N–H and O–H groups in total. The van der Waals surface area contributed by atoms with Crippen molar-refractivity contribution in [3.63, 3.8) is 0 Å². The largest absolute Gasteiger partial charge is 0.454 e. The molecule has 1 aliphatic rings. The monoisotopic (exact) mass is 312 g/mol. The average Bonchev–Trinajstić information content (AvgIpc) is 3.03. The topological polar surface area (TPSA) is 76.7 Å². The molecule has 0 radical (unpaired) electrons. The molecular formula is C17H16N2O4. The molecule has 118 valence electrons. The van der Waals surface area contributed by atoms with Crippen molar-refractivity contribution in [1.82, 2.24) is 5.32 Å². The van der Waals surface area contributed by atoms with Crippen molar-refractivity contribution in [3.05, 3.63) is 53.6 Å². The highest BCUT2D eigenvalue weighted by atomic mass is 16.7. The van der Waals surface area contributed by atoms with E-state index in [1.807, 2.05) is 6.92 Å². The zero-order chi connectivity index (χ0) is 16.2. The van der Waals surface area contributed by atoms with E-state index in [0.717, 1.165) is 0 Å². The number of hydrogen-bond donors (Lipinski definition) is 2. The lowest BCUT2D eigenvalue weighted by Gasteiger charge is -2.08. The third-order valence-corrected chi connectivity index (χ3v) is 3.35. The van der Waals surface area contributed by atoms with Crippen LogP contribution in [0.4, 0.5) is 5.69 Å². The molecule has 0 unspecified atom stereocenters. The normalized spacial score (nSPS) is 11.9. The summed E-state index contributed by atoms with van der Waals surface area (Å²) in [5.41, 5.74) is 1.50. The maximum Gasteiger partial charge on any atom is 0.255 e. The first kappa shape index (κ1) is 14.9. The quantitative estimate of drug-likeness (QED) is 0.909. The highest BCUT2D eigenvalue weighted by molar-refractivity contribution is 6.05. The molecule has 6 nitrogen and oxygen atoms in total. The minimum absolute atomic E-state index is 0.162. The van der Waals surface area contributed by atoms with Crippen molar-refractivity contribution in [1.29, 1.82) is 0 Å². The van der Waals surface area contributed by atoms with Gasteiger partial charge in [-0.05, 0) is 43.3 Å². The van der Waals surface area contributed by atoms with E-state index >= 15 is 0 Å². The molecule has 0 aromatic heterocycles. The van der Waals surface area contributed by atoms with Crippen LogP contribution in [0.1, 0.15) is 27.6 Å². The van der Waals surface area contributed by atoms with Gasteiger partial charge in [-0.15, -0.1) is 0 Å². The van der Waals surface area contributed by atoms with Crippen LogP contribution in [-0.2, 0) is 0 Å². The van der Waals surface area contributed by atoms with Crippen LogP contribution in [0.2, 0.25) is 0 Å². The minimum atomic E-state index is -0.281. The molecule has 2 amide bonds. The highest BCUT2D eigenvalue weighted by Crippen LogP contribution is 2.32. The molecule has 0 atom stereocenters. The zero-order valence-corrected chi connectivity index (χ0v) is 12.6. The van der Waals surface area contributed by atoms with Gasteiger partial charge in [0.05, 0.1) is 0 Å². The number of anilines is 1. The van der Waals surface area contributed by atoms with Gasteiger partial charge in [0.15, 0.2) is 11.5 Å². The van der Waals surface area contributed by atoms with E-state index in [1.165, 1.54) is 0 Å². The summed E-state index contributed by atoms with van der Waals surface area (Å²) in [4.78, 5) is 24.1. The Morgan fingerprint density at radius 1 is 1.00 bits per heavy atom. The standard InChI is InChI=1S/C17H16N2O4/c1-2-18-16(20)11-4-3-5-13(8-11)19-17(21)12-6-7-14-15(9-12)23-10-22-14/h3-9H,2,10H2,1H3,(H,18,20)(H,19,21). The second kappa shape index (κ2) is 6.39. The number of amides is 2. The second-order valence-electron chi connectivity index (χ2n) is 4.96. The van der Waals surface area contributed by atoms with Crippen LogP contribution in [-0.4, -0.2) is 25.2 Å². The Kier molecular flexibility index (Phi) is 4.14. The summed E-state index contributed by atoms with van der Waals surface area (Å²) in [7, 11) is 0. The van der Waals surface area contributed by atoms with Gasteiger partial charge in [0.2, 0.25) is 6.79 Å². The molecule has 0 fully saturated rings. The molecule has 3 rings (SSSR count). The first-order chi connectivity index (χ1) is 11.2. The number of carbonyl (C=O) groups is 2. The third kappa shape index (κ3) is 3.26. The fraction of sp³-hybridized carbons (Fsp3) is 0.176. The Labute approximate surface area is 133 Å². The van der Waals surface area contributed by atoms with E-state index in [-0.39, 0.29) is 18.6 Å². The van der Waals surface area contributed by atoms with Crippen LogP contribution in [0.15, 0.2) is 42.5 Å². The first-order valence-electron chi connectivity index (χ1n) is 7.26. The van der Waals surface area contributed by atoms with Crippen LogP contribution in [0, 0.1) is 0 Å². The van der Waals surface area contributed by atoms with Gasteiger partial charge < -0.3 is 20.1 Å². The fourth-order valence-corrected chi connectivity index (χ4v) is 2.24. The summed E-state index contributed by atoms with van der Waals surface area (Å²) in [5, 5.41) is 5.49. The lowest BCUT2D eigenvalue weighted by molar-refractivity contribution is 0.0954. The Bertz CT molecular complexity index is 758. The first-order valence-corrected chi connectivity index (χ1v) is 7.26. The molecule has 2 aromatic carbocycles. The number of rotatable bonds is 4. The van der Waals surface area contributed by atoms with Crippen LogP contribution in [0.5, 0.6) is 11.5 Å². The maximum atomic E-state index is 12.3. The molecule has 1 aliphatic heterocycles. The number of hydrogen-bond acceptors (Lipinski definition) is 4. The van der Waals surface area contributed by atoms with E-state index in [2.05, 4.69) is 10.6 Å². The van der Waals surface area contributed by atoms with Crippen molar-refractivity contribution >= 4 is 17.5 Å². The van der Waals surface area contributed by atoms with Crippen molar-refractivity contribution in [2.45, 2.75) is 6.92 Å². The van der Waals surface area contributed by atoms with Gasteiger partial charge in [-0.3, -0.25) is 9.59 Å². The number of ether oxygens (including phenoxy) is 2. The lowest BCUT2D eigenvalue weighted by Crippen LogP contribution is -2.22. The Balaban J connectivity index is 1.75. The molecule has 0 saturated carbocycles. The molecule has 6 heteroatoms. The van der Waals surface area contributed by atoms with Crippen LogP contribution in [0.3, 0.4) is 0 Å². The van der Waals surface area contributed by atoms with Gasteiger partial charge in [0.25, 0.3) is 11.8 Å². The van der Waals surface area contributed by atoms with Gasteiger partial charge in [0.1, 0.15) is 0 Å². The van der Waals surface area contributed by atoms with Gasteiger partial charge in [0, 0.05) is 23.4 Å². The summed E-state index contributed by atoms with van der Waals surface area (Å²) < 4.78 is 10.5. The Hall–Kier alpha value is -3.02. The van der Waals surface area contributed by atoms with Gasteiger partial charge in [-0.2, -0.15) is 0 Å². The summed E-state index contributed by atoms with van der Waals surface area (Å²) in [6.45, 7) is 2.56. The Morgan fingerprint density at radius 3 is 2.61 bits per heavy atom. The molecule has 0 bridgehead atoms. The Morgan fingerprint density at radius 2 is 1.78 bits per heavy atom. The van der Waals surface area contributed by atoms with Crippen LogP contribution >= 0.6 is 0 Å². The smallest absolute Gasteiger partial charge is 0.255 e. The van der Waals surface area contributed by atoms with E-state index in [9.17, 15) is 9.59 Å². The maximum absolute atomic E-state index is 12.3. The summed E-state index contributed by atoms with van der Waals surface area (Å²) >= 11 is 0. The predicted octanol–water partition coefficient (Wildman–Crippen LogP) is 2.42. The lowest BCUT2D eigenvalue weighted by atomic mass is 10.1. The minimum Gasteiger partial charge on any atom is -0.454 e. The molecule has 0 saturated heterocycles. The number of carbonyl (C=O) groups excluding carboxylic acids is 2. The predicted molar refractivity (Wildman–Crippen MR) is 85.0 cm³/mol. The molecule has 0 aliphatic carbocycles. The van der Waals surface area contributed by atoms with Crippen molar-refractivity contribution in [3.8, 4) is 11.5 Å². The van der Waals surface area contributed by atoms with Gasteiger partial charge in [-0.25, -0.2) is 0 Å². The molecular weight excluding hydrogens is 296 g/mol. The summed E-state index contributed by atoms with van der Waals surface area (Å²) in [5.74, 6) is 0.719. The van der Waals surface area contributed by atoms with E-state index < -0.39 is 0 Å². The SMILES string of the molecule is CCNC(=O)c1cccc(NC(=O)c2ccc3c(c2)OCO3)c1. The average molecular weight is 312 g/mol. The van der Waals surface area contributed by atoms with Crippen molar-refractivity contribution in [2.75, 3.05) is 18.7 Å². The van der Waals surface area contributed by atoms with Crippen molar-refractivity contribution in [2.24, 2.45) is 0 Å². The van der Waals surface area contributed by atoms with E-state index in [1.54, 1.807) is 42.5 Å². The number of fused-ring (bicyclic) bond motifs is 1. The third-order valence-electron chi connectivity index (χ3n) is 3.35.